The van der Waals surface area contributed by atoms with Crippen LogP contribution in [0.5, 0.6) is 0 Å². The zero-order chi connectivity index (χ0) is 13.2. The number of halogens is 1. The van der Waals surface area contributed by atoms with Gasteiger partial charge in [0.1, 0.15) is 0 Å². The molecule has 0 spiro atoms. The molecular weight excluding hydrogens is 286 g/mol. The largest absolute Gasteiger partial charge is 0.327 e. The molecule has 1 nitrogen and oxygen atoms in total. The number of hydrogen-bond donors (Lipinski definition) is 1. The molecule has 0 radical (unpaired) electrons. The van der Waals surface area contributed by atoms with Crippen LogP contribution in [0.15, 0.2) is 28.7 Å². The summed E-state index contributed by atoms with van der Waals surface area (Å²) in [7, 11) is 0. The summed E-state index contributed by atoms with van der Waals surface area (Å²) in [6.07, 6.45) is 6.30. The lowest BCUT2D eigenvalue weighted by molar-refractivity contribution is 0.112. The smallest absolute Gasteiger partial charge is 0.0207 e. The van der Waals surface area contributed by atoms with Crippen molar-refractivity contribution in [2.75, 3.05) is 0 Å². The van der Waals surface area contributed by atoms with E-state index < -0.39 is 0 Å². The standard InChI is InChI=1S/C16H24BrN/c1-16(2)10-6-5-8-13(16)15(18)11-12-7-3-4-9-14(12)17/h3-4,7,9,13,15H,5-6,8,10-11,18H2,1-2H3. The molecule has 100 valence electrons. The third-order valence-electron chi connectivity index (χ3n) is 4.52. The van der Waals surface area contributed by atoms with Gasteiger partial charge in [-0.2, -0.15) is 0 Å². The molecule has 2 heteroatoms. The van der Waals surface area contributed by atoms with E-state index in [1.165, 1.54) is 35.7 Å². The molecule has 0 bridgehead atoms. The number of rotatable bonds is 3. The number of hydrogen-bond acceptors (Lipinski definition) is 1. The van der Waals surface area contributed by atoms with E-state index in [0.29, 0.717) is 11.3 Å². The van der Waals surface area contributed by atoms with Gasteiger partial charge in [0.05, 0.1) is 0 Å². The Bertz CT molecular complexity index is 400. The Balaban J connectivity index is 2.07. The lowest BCUT2D eigenvalue weighted by atomic mass is 9.65. The lowest BCUT2D eigenvalue weighted by Crippen LogP contribution is -2.43. The van der Waals surface area contributed by atoms with Gasteiger partial charge in [0.15, 0.2) is 0 Å². The Morgan fingerprint density at radius 1 is 1.33 bits per heavy atom. The molecule has 1 saturated carbocycles. The molecule has 0 aromatic heterocycles. The predicted octanol–water partition coefficient (Wildman–Crippen LogP) is 4.54. The van der Waals surface area contributed by atoms with E-state index in [0.717, 1.165) is 6.42 Å². The van der Waals surface area contributed by atoms with Crippen LogP contribution in [-0.4, -0.2) is 6.04 Å². The van der Waals surface area contributed by atoms with Gasteiger partial charge in [0.2, 0.25) is 0 Å². The average molecular weight is 310 g/mol. The van der Waals surface area contributed by atoms with Gasteiger partial charge in [0.25, 0.3) is 0 Å². The van der Waals surface area contributed by atoms with Crippen LogP contribution in [0.3, 0.4) is 0 Å². The van der Waals surface area contributed by atoms with Crippen molar-refractivity contribution in [3.05, 3.63) is 34.3 Å². The molecule has 0 heterocycles. The zero-order valence-corrected chi connectivity index (χ0v) is 13.0. The third kappa shape index (κ3) is 3.16. The Kier molecular flexibility index (Phi) is 4.50. The van der Waals surface area contributed by atoms with Crippen LogP contribution in [0.25, 0.3) is 0 Å². The Morgan fingerprint density at radius 2 is 2.06 bits per heavy atom. The van der Waals surface area contributed by atoms with Crippen molar-refractivity contribution in [1.82, 2.24) is 0 Å². The molecule has 1 aliphatic rings. The highest BCUT2D eigenvalue weighted by atomic mass is 79.9. The second-order valence-corrected chi connectivity index (χ2v) is 7.15. The fourth-order valence-electron chi connectivity index (χ4n) is 3.37. The van der Waals surface area contributed by atoms with Gasteiger partial charge in [0, 0.05) is 10.5 Å². The minimum Gasteiger partial charge on any atom is -0.327 e. The molecule has 0 saturated heterocycles. The van der Waals surface area contributed by atoms with Gasteiger partial charge in [-0.1, -0.05) is 60.8 Å². The van der Waals surface area contributed by atoms with Crippen molar-refractivity contribution in [2.24, 2.45) is 17.1 Å². The molecule has 2 atom stereocenters. The van der Waals surface area contributed by atoms with Crippen LogP contribution < -0.4 is 5.73 Å². The topological polar surface area (TPSA) is 26.0 Å². The van der Waals surface area contributed by atoms with Crippen molar-refractivity contribution < 1.29 is 0 Å². The van der Waals surface area contributed by atoms with Gasteiger partial charge < -0.3 is 5.73 Å². The predicted molar refractivity (Wildman–Crippen MR) is 81.6 cm³/mol. The fraction of sp³-hybridized carbons (Fsp3) is 0.625. The Labute approximate surface area is 119 Å². The van der Waals surface area contributed by atoms with E-state index in [4.69, 9.17) is 5.73 Å². The monoisotopic (exact) mass is 309 g/mol. The van der Waals surface area contributed by atoms with Crippen molar-refractivity contribution in [2.45, 2.75) is 52.0 Å². The Morgan fingerprint density at radius 3 is 2.72 bits per heavy atom. The second-order valence-electron chi connectivity index (χ2n) is 6.30. The van der Waals surface area contributed by atoms with Crippen LogP contribution >= 0.6 is 15.9 Å². The average Bonchev–Trinajstić information content (AvgIpc) is 2.31. The normalized spacial score (nSPS) is 24.8. The number of benzene rings is 1. The van der Waals surface area contributed by atoms with Crippen molar-refractivity contribution in [3.63, 3.8) is 0 Å². The molecule has 1 fully saturated rings. The van der Waals surface area contributed by atoms with Gasteiger partial charge in [-0.15, -0.1) is 0 Å². The van der Waals surface area contributed by atoms with Crippen LogP contribution in [0, 0.1) is 11.3 Å². The van der Waals surface area contributed by atoms with Crippen LogP contribution in [-0.2, 0) is 6.42 Å². The third-order valence-corrected chi connectivity index (χ3v) is 5.29. The maximum absolute atomic E-state index is 6.50. The van der Waals surface area contributed by atoms with Crippen LogP contribution in [0.2, 0.25) is 0 Å². The molecule has 0 aliphatic heterocycles. The molecule has 1 aliphatic carbocycles. The van der Waals surface area contributed by atoms with Gasteiger partial charge in [-0.05, 0) is 42.2 Å². The van der Waals surface area contributed by atoms with E-state index in [9.17, 15) is 0 Å². The van der Waals surface area contributed by atoms with Gasteiger partial charge in [-0.3, -0.25) is 0 Å². The SMILES string of the molecule is CC1(C)CCCCC1C(N)Cc1ccccc1Br. The maximum atomic E-state index is 6.50. The first kappa shape index (κ1) is 14.1. The first-order chi connectivity index (χ1) is 8.50. The van der Waals surface area contributed by atoms with E-state index in [-0.39, 0.29) is 6.04 Å². The van der Waals surface area contributed by atoms with Crippen LogP contribution in [0.4, 0.5) is 0 Å². The summed E-state index contributed by atoms with van der Waals surface area (Å²) in [4.78, 5) is 0. The number of nitrogens with two attached hydrogens (primary N) is 1. The molecule has 18 heavy (non-hydrogen) atoms. The highest BCUT2D eigenvalue weighted by Gasteiger charge is 2.35. The summed E-state index contributed by atoms with van der Waals surface area (Å²) < 4.78 is 1.19. The van der Waals surface area contributed by atoms with E-state index >= 15 is 0 Å². The minimum atomic E-state index is 0.277. The second kappa shape index (κ2) is 5.75. The van der Waals surface area contributed by atoms with Gasteiger partial charge >= 0.3 is 0 Å². The minimum absolute atomic E-state index is 0.277. The van der Waals surface area contributed by atoms with Crippen molar-refractivity contribution in [3.8, 4) is 0 Å². The van der Waals surface area contributed by atoms with Gasteiger partial charge in [-0.25, -0.2) is 0 Å². The highest BCUT2D eigenvalue weighted by molar-refractivity contribution is 9.10. The molecule has 2 unspecified atom stereocenters. The van der Waals surface area contributed by atoms with E-state index in [1.54, 1.807) is 0 Å². The van der Waals surface area contributed by atoms with E-state index in [1.807, 2.05) is 0 Å². The summed E-state index contributed by atoms with van der Waals surface area (Å²) in [5.74, 6) is 0.651. The first-order valence-electron chi connectivity index (χ1n) is 7.00. The van der Waals surface area contributed by atoms with E-state index in [2.05, 4.69) is 54.0 Å². The summed E-state index contributed by atoms with van der Waals surface area (Å²) >= 11 is 3.62. The quantitative estimate of drug-likeness (QED) is 0.872. The highest BCUT2D eigenvalue weighted by Crippen LogP contribution is 2.42. The molecule has 1 aromatic rings. The molecule has 2 rings (SSSR count). The molecule has 2 N–H and O–H groups in total. The maximum Gasteiger partial charge on any atom is 0.0207 e. The fourth-order valence-corrected chi connectivity index (χ4v) is 3.82. The first-order valence-corrected chi connectivity index (χ1v) is 7.79. The Hall–Kier alpha value is -0.340. The summed E-state index contributed by atoms with van der Waals surface area (Å²) in [5.41, 5.74) is 8.25. The molecule has 1 aromatic carbocycles. The van der Waals surface area contributed by atoms with Crippen molar-refractivity contribution in [1.29, 1.82) is 0 Å². The summed E-state index contributed by atoms with van der Waals surface area (Å²) in [6, 6.07) is 8.72. The molecule has 0 amide bonds. The molecular formula is C16H24BrN. The zero-order valence-electron chi connectivity index (χ0n) is 11.5. The van der Waals surface area contributed by atoms with Crippen LogP contribution in [0.1, 0.15) is 45.1 Å². The summed E-state index contributed by atoms with van der Waals surface area (Å²) in [5, 5.41) is 0. The lowest BCUT2D eigenvalue weighted by Gasteiger charge is -2.42. The van der Waals surface area contributed by atoms with Crippen molar-refractivity contribution >= 4 is 15.9 Å². The summed E-state index contributed by atoms with van der Waals surface area (Å²) in [6.45, 7) is 4.77.